The van der Waals surface area contributed by atoms with Crippen molar-refractivity contribution < 1.29 is 9.72 Å². The van der Waals surface area contributed by atoms with Crippen LogP contribution in [-0.4, -0.2) is 15.8 Å². The second-order valence-electron chi connectivity index (χ2n) is 2.14. The smallest absolute Gasteiger partial charge is 0.302 e. The molecule has 0 aromatic carbocycles. The van der Waals surface area contributed by atoms with Crippen LogP contribution >= 0.6 is 15.9 Å². The second kappa shape index (κ2) is 3.48. The van der Waals surface area contributed by atoms with Gasteiger partial charge in [-0.15, -0.1) is 0 Å². The number of nitrogens with two attached hydrogens (primary N) is 1. The van der Waals surface area contributed by atoms with Gasteiger partial charge in [-0.2, -0.15) is 0 Å². The molecule has 0 saturated carbocycles. The van der Waals surface area contributed by atoms with Gasteiger partial charge in [0.15, 0.2) is 0 Å². The van der Waals surface area contributed by atoms with Crippen LogP contribution in [0.1, 0.15) is 10.4 Å². The molecule has 0 saturated heterocycles. The predicted octanol–water partition coefficient (Wildman–Crippen LogP) is 0.851. The van der Waals surface area contributed by atoms with Crippen molar-refractivity contribution in [2.24, 2.45) is 5.73 Å². The van der Waals surface area contributed by atoms with Crippen molar-refractivity contribution >= 4 is 27.5 Å². The van der Waals surface area contributed by atoms with Crippen molar-refractivity contribution in [3.05, 3.63) is 32.5 Å². The first kappa shape index (κ1) is 9.59. The third kappa shape index (κ3) is 1.81. The fourth-order valence-electron chi connectivity index (χ4n) is 0.733. The third-order valence-corrected chi connectivity index (χ3v) is 2.16. The van der Waals surface area contributed by atoms with Crippen LogP contribution in [0.3, 0.4) is 0 Å². The Morgan fingerprint density at radius 1 is 1.62 bits per heavy atom. The number of carbonyl (C=O) groups is 1. The lowest BCUT2D eigenvalue weighted by atomic mass is 10.2. The molecule has 0 atom stereocenters. The molecule has 0 aliphatic rings. The van der Waals surface area contributed by atoms with Crippen molar-refractivity contribution in [3.63, 3.8) is 0 Å². The standard InChI is InChI=1S/C6H4BrN3O3/c7-5-3(6(8)11)1-9-2-4(5)10(12)13/h1-2H,(H2,8,11). The Kier molecular flexibility index (Phi) is 2.57. The van der Waals surface area contributed by atoms with Crippen LogP contribution < -0.4 is 5.73 Å². The minimum atomic E-state index is -0.761. The monoisotopic (exact) mass is 245 g/mol. The van der Waals surface area contributed by atoms with E-state index >= 15 is 0 Å². The number of aromatic nitrogens is 1. The Balaban J connectivity index is 3.35. The lowest BCUT2D eigenvalue weighted by molar-refractivity contribution is -0.386. The minimum absolute atomic E-state index is 0.00537. The minimum Gasteiger partial charge on any atom is -0.366 e. The number of hydrogen-bond acceptors (Lipinski definition) is 4. The number of nitro groups is 1. The van der Waals surface area contributed by atoms with Crippen molar-refractivity contribution in [2.45, 2.75) is 0 Å². The Morgan fingerprint density at radius 2 is 2.23 bits per heavy atom. The Labute approximate surface area is 81.0 Å². The van der Waals surface area contributed by atoms with Gasteiger partial charge in [0.25, 0.3) is 5.91 Å². The highest BCUT2D eigenvalue weighted by molar-refractivity contribution is 9.10. The molecule has 0 aliphatic heterocycles. The number of amides is 1. The van der Waals surface area contributed by atoms with Crippen molar-refractivity contribution in [2.75, 3.05) is 0 Å². The molecular formula is C6H4BrN3O3. The molecule has 1 amide bonds. The van der Waals surface area contributed by atoms with Gasteiger partial charge in [-0.1, -0.05) is 0 Å². The molecule has 68 valence electrons. The lowest BCUT2D eigenvalue weighted by Gasteiger charge is -1.98. The summed E-state index contributed by atoms with van der Waals surface area (Å²) in [5.74, 6) is -0.761. The maximum Gasteiger partial charge on any atom is 0.302 e. The van der Waals surface area contributed by atoms with E-state index < -0.39 is 10.8 Å². The van der Waals surface area contributed by atoms with Crippen LogP contribution in [0.15, 0.2) is 16.9 Å². The highest BCUT2D eigenvalue weighted by atomic mass is 79.9. The zero-order valence-electron chi connectivity index (χ0n) is 6.23. The summed E-state index contributed by atoms with van der Waals surface area (Å²) in [6.07, 6.45) is 2.20. The number of hydrogen-bond donors (Lipinski definition) is 1. The number of nitrogens with zero attached hydrogens (tertiary/aromatic N) is 2. The summed E-state index contributed by atoms with van der Waals surface area (Å²) >= 11 is 2.90. The van der Waals surface area contributed by atoms with Gasteiger partial charge >= 0.3 is 5.69 Å². The van der Waals surface area contributed by atoms with E-state index in [1.165, 1.54) is 6.20 Å². The van der Waals surface area contributed by atoms with E-state index in [1.807, 2.05) is 0 Å². The normalized spacial score (nSPS) is 9.62. The summed E-state index contributed by atoms with van der Waals surface area (Å²) in [4.78, 5) is 24.0. The molecule has 0 spiro atoms. The van der Waals surface area contributed by atoms with Gasteiger partial charge in [-0.25, -0.2) is 0 Å². The van der Waals surface area contributed by atoms with Crippen molar-refractivity contribution in [3.8, 4) is 0 Å². The van der Waals surface area contributed by atoms with Crippen LogP contribution in [0.25, 0.3) is 0 Å². The highest BCUT2D eigenvalue weighted by Gasteiger charge is 2.18. The molecule has 0 fully saturated rings. The summed E-state index contributed by atoms with van der Waals surface area (Å²) in [7, 11) is 0. The topological polar surface area (TPSA) is 99.1 Å². The lowest BCUT2D eigenvalue weighted by Crippen LogP contribution is -2.12. The molecule has 6 nitrogen and oxygen atoms in total. The number of halogens is 1. The molecule has 0 unspecified atom stereocenters. The van der Waals surface area contributed by atoms with Crippen LogP contribution in [0.5, 0.6) is 0 Å². The molecule has 2 N–H and O–H groups in total. The van der Waals surface area contributed by atoms with Gasteiger partial charge in [-0.05, 0) is 15.9 Å². The number of primary amides is 1. The van der Waals surface area contributed by atoms with Gasteiger partial charge in [0.1, 0.15) is 10.7 Å². The summed E-state index contributed by atoms with van der Waals surface area (Å²) in [6.45, 7) is 0. The van der Waals surface area contributed by atoms with E-state index in [-0.39, 0.29) is 15.7 Å². The summed E-state index contributed by atoms with van der Waals surface area (Å²) in [5, 5.41) is 10.4. The van der Waals surface area contributed by atoms with Crippen LogP contribution in [0.4, 0.5) is 5.69 Å². The van der Waals surface area contributed by atoms with Gasteiger partial charge in [0, 0.05) is 6.20 Å². The van der Waals surface area contributed by atoms with E-state index in [0.717, 1.165) is 6.20 Å². The van der Waals surface area contributed by atoms with E-state index in [2.05, 4.69) is 20.9 Å². The molecular weight excluding hydrogens is 242 g/mol. The molecule has 0 aliphatic carbocycles. The average Bonchev–Trinajstić information content (AvgIpc) is 2.03. The average molecular weight is 246 g/mol. The molecule has 0 bridgehead atoms. The zero-order chi connectivity index (χ0) is 10.0. The van der Waals surface area contributed by atoms with Gasteiger partial charge in [-0.3, -0.25) is 19.9 Å². The first-order chi connectivity index (χ1) is 6.04. The second-order valence-corrected chi connectivity index (χ2v) is 2.93. The van der Waals surface area contributed by atoms with E-state index in [4.69, 9.17) is 5.73 Å². The zero-order valence-corrected chi connectivity index (χ0v) is 7.82. The largest absolute Gasteiger partial charge is 0.366 e. The fraction of sp³-hybridized carbons (Fsp3) is 0. The number of rotatable bonds is 2. The Hall–Kier alpha value is -1.50. The van der Waals surface area contributed by atoms with E-state index in [1.54, 1.807) is 0 Å². The van der Waals surface area contributed by atoms with Gasteiger partial charge in [0.2, 0.25) is 0 Å². The molecule has 13 heavy (non-hydrogen) atoms. The summed E-state index contributed by atoms with van der Waals surface area (Å²) in [5.41, 5.74) is 4.67. The number of carbonyl (C=O) groups excluding carboxylic acids is 1. The first-order valence-corrected chi connectivity index (χ1v) is 3.91. The van der Waals surface area contributed by atoms with Crippen LogP contribution in [-0.2, 0) is 0 Å². The third-order valence-electron chi connectivity index (χ3n) is 1.32. The molecule has 1 rings (SSSR count). The SMILES string of the molecule is NC(=O)c1cncc([N+](=O)[O-])c1Br. The van der Waals surface area contributed by atoms with Gasteiger partial charge < -0.3 is 5.73 Å². The summed E-state index contributed by atoms with van der Waals surface area (Å²) < 4.78 is 0.0556. The highest BCUT2D eigenvalue weighted by Crippen LogP contribution is 2.26. The maximum atomic E-state index is 10.7. The molecule has 7 heteroatoms. The maximum absolute atomic E-state index is 10.7. The van der Waals surface area contributed by atoms with Crippen molar-refractivity contribution in [1.82, 2.24) is 4.98 Å². The Bertz CT molecular complexity index is 347. The van der Waals surface area contributed by atoms with Crippen LogP contribution in [0.2, 0.25) is 0 Å². The quantitative estimate of drug-likeness (QED) is 0.617. The fourth-order valence-corrected chi connectivity index (χ4v) is 1.28. The predicted molar refractivity (Wildman–Crippen MR) is 47.1 cm³/mol. The van der Waals surface area contributed by atoms with Gasteiger partial charge in [0.05, 0.1) is 10.5 Å². The van der Waals surface area contributed by atoms with Crippen LogP contribution in [0, 0.1) is 10.1 Å². The number of pyridine rings is 1. The first-order valence-electron chi connectivity index (χ1n) is 3.11. The van der Waals surface area contributed by atoms with Crippen molar-refractivity contribution in [1.29, 1.82) is 0 Å². The molecule has 1 aromatic heterocycles. The molecule has 1 heterocycles. The molecule has 0 radical (unpaired) electrons. The van der Waals surface area contributed by atoms with E-state index in [9.17, 15) is 14.9 Å². The Morgan fingerprint density at radius 3 is 2.69 bits per heavy atom. The van der Waals surface area contributed by atoms with E-state index in [0.29, 0.717) is 0 Å². The summed E-state index contributed by atoms with van der Waals surface area (Å²) in [6, 6.07) is 0. The molecule has 1 aromatic rings.